The Kier molecular flexibility index (Phi) is 2.86. The largest absolute Gasteiger partial charge is 0.345 e. The molecule has 5 aromatic heterocycles. The second-order valence-corrected chi connectivity index (χ2v) is 7.17. The number of fused-ring (bicyclic) bond motifs is 2. The van der Waals surface area contributed by atoms with E-state index in [1.165, 1.54) is 12.8 Å². The number of aromatic nitrogens is 7. The van der Waals surface area contributed by atoms with E-state index in [4.69, 9.17) is 4.98 Å². The second-order valence-electron chi connectivity index (χ2n) is 7.17. The predicted molar refractivity (Wildman–Crippen MR) is 102 cm³/mol. The third-order valence-corrected chi connectivity index (χ3v) is 5.24. The first-order valence-corrected chi connectivity index (χ1v) is 9.07. The fraction of sp³-hybridized carbons (Fsp3) is 0.200. The summed E-state index contributed by atoms with van der Waals surface area (Å²) in [5.41, 5.74) is 6.29. The van der Waals surface area contributed by atoms with Crippen molar-refractivity contribution in [2.45, 2.75) is 18.8 Å². The van der Waals surface area contributed by atoms with Gasteiger partial charge in [-0.05, 0) is 30.5 Å². The number of rotatable bonds is 3. The van der Waals surface area contributed by atoms with Crippen molar-refractivity contribution in [2.24, 2.45) is 7.05 Å². The van der Waals surface area contributed by atoms with E-state index in [-0.39, 0.29) is 0 Å². The van der Waals surface area contributed by atoms with Gasteiger partial charge in [-0.2, -0.15) is 10.2 Å². The van der Waals surface area contributed by atoms with Gasteiger partial charge in [0.25, 0.3) is 0 Å². The first kappa shape index (κ1) is 14.7. The van der Waals surface area contributed by atoms with Crippen molar-refractivity contribution < 1.29 is 0 Å². The van der Waals surface area contributed by atoms with E-state index >= 15 is 0 Å². The number of pyridine rings is 1. The lowest BCUT2D eigenvalue weighted by Crippen LogP contribution is -1.92. The lowest BCUT2D eigenvalue weighted by molar-refractivity contribution is 0.768. The van der Waals surface area contributed by atoms with E-state index in [1.807, 2.05) is 48.7 Å². The fourth-order valence-corrected chi connectivity index (χ4v) is 3.63. The molecule has 0 aromatic carbocycles. The van der Waals surface area contributed by atoms with Crippen LogP contribution in [0.4, 0.5) is 0 Å². The predicted octanol–water partition coefficient (Wildman–Crippen LogP) is 3.55. The van der Waals surface area contributed by atoms with Crippen molar-refractivity contribution >= 4 is 16.6 Å². The van der Waals surface area contributed by atoms with Crippen molar-refractivity contribution in [3.8, 4) is 22.3 Å². The molecule has 0 bridgehead atoms. The van der Waals surface area contributed by atoms with Gasteiger partial charge in [-0.1, -0.05) is 0 Å². The van der Waals surface area contributed by atoms with Crippen molar-refractivity contribution in [1.82, 2.24) is 34.3 Å². The Morgan fingerprint density at radius 2 is 2.00 bits per heavy atom. The molecule has 1 N–H and O–H groups in total. The van der Waals surface area contributed by atoms with E-state index < -0.39 is 0 Å². The van der Waals surface area contributed by atoms with Crippen LogP contribution in [-0.2, 0) is 7.05 Å². The highest BCUT2D eigenvalue weighted by atomic mass is 15.2. The van der Waals surface area contributed by atoms with Gasteiger partial charge in [-0.15, -0.1) is 0 Å². The van der Waals surface area contributed by atoms with Gasteiger partial charge in [-0.25, -0.2) is 14.5 Å². The summed E-state index contributed by atoms with van der Waals surface area (Å²) in [5, 5.41) is 9.80. The molecule has 0 aliphatic heterocycles. The minimum atomic E-state index is 0.548. The Balaban J connectivity index is 1.50. The molecule has 132 valence electrons. The van der Waals surface area contributed by atoms with Gasteiger partial charge < -0.3 is 4.98 Å². The van der Waals surface area contributed by atoms with Gasteiger partial charge in [0.1, 0.15) is 11.5 Å². The number of nitrogens with zero attached hydrogens (tertiary/aromatic N) is 6. The fourth-order valence-electron chi connectivity index (χ4n) is 3.63. The highest BCUT2D eigenvalue weighted by Gasteiger charge is 2.27. The van der Waals surface area contributed by atoms with E-state index in [2.05, 4.69) is 32.3 Å². The molecule has 27 heavy (non-hydrogen) atoms. The molecule has 1 aliphatic rings. The van der Waals surface area contributed by atoms with Crippen molar-refractivity contribution in [3.05, 3.63) is 55.1 Å². The summed E-state index contributed by atoms with van der Waals surface area (Å²) >= 11 is 0. The third kappa shape index (κ3) is 2.28. The summed E-state index contributed by atoms with van der Waals surface area (Å²) in [4.78, 5) is 12.6. The van der Waals surface area contributed by atoms with Crippen molar-refractivity contribution in [3.63, 3.8) is 0 Å². The highest BCUT2D eigenvalue weighted by molar-refractivity contribution is 5.94. The molecule has 0 spiro atoms. The Bertz CT molecular complexity index is 1300. The van der Waals surface area contributed by atoms with Crippen LogP contribution >= 0.6 is 0 Å². The van der Waals surface area contributed by atoms with Gasteiger partial charge >= 0.3 is 0 Å². The van der Waals surface area contributed by atoms with Gasteiger partial charge in [0.15, 0.2) is 0 Å². The first-order chi connectivity index (χ1) is 13.3. The zero-order chi connectivity index (χ0) is 18.0. The molecular weight excluding hydrogens is 338 g/mol. The number of hydrogen-bond donors (Lipinski definition) is 1. The van der Waals surface area contributed by atoms with Crippen LogP contribution in [0.3, 0.4) is 0 Å². The monoisotopic (exact) mass is 355 g/mol. The quantitative estimate of drug-likeness (QED) is 0.537. The van der Waals surface area contributed by atoms with E-state index in [0.29, 0.717) is 5.92 Å². The summed E-state index contributed by atoms with van der Waals surface area (Å²) in [6.45, 7) is 0. The van der Waals surface area contributed by atoms with Crippen LogP contribution in [0.25, 0.3) is 38.8 Å². The third-order valence-electron chi connectivity index (χ3n) is 5.24. The smallest absolute Gasteiger partial charge is 0.141 e. The van der Waals surface area contributed by atoms with Crippen LogP contribution < -0.4 is 0 Å². The zero-order valence-corrected chi connectivity index (χ0v) is 14.8. The lowest BCUT2D eigenvalue weighted by atomic mass is 10.1. The molecule has 7 heteroatoms. The van der Waals surface area contributed by atoms with E-state index in [1.54, 1.807) is 4.68 Å². The molecule has 5 aromatic rings. The average Bonchev–Trinajstić information content (AvgIpc) is 3.10. The number of hydrogen-bond acceptors (Lipinski definition) is 4. The molecule has 7 nitrogen and oxygen atoms in total. The highest BCUT2D eigenvalue weighted by Crippen LogP contribution is 2.39. The van der Waals surface area contributed by atoms with Crippen molar-refractivity contribution in [2.75, 3.05) is 0 Å². The molecule has 0 atom stereocenters. The Morgan fingerprint density at radius 1 is 1.07 bits per heavy atom. The van der Waals surface area contributed by atoms with Gasteiger partial charge in [0.05, 0.1) is 17.9 Å². The normalized spacial score (nSPS) is 14.4. The van der Waals surface area contributed by atoms with Crippen LogP contribution in [0, 0.1) is 0 Å². The molecule has 0 saturated heterocycles. The minimum Gasteiger partial charge on any atom is -0.345 e. The second kappa shape index (κ2) is 5.26. The summed E-state index contributed by atoms with van der Waals surface area (Å²) in [7, 11) is 1.92. The van der Waals surface area contributed by atoms with E-state index in [9.17, 15) is 0 Å². The number of aromatic amines is 1. The van der Waals surface area contributed by atoms with Gasteiger partial charge in [0.2, 0.25) is 0 Å². The van der Waals surface area contributed by atoms with Gasteiger partial charge in [-0.3, -0.25) is 4.68 Å². The molecular formula is C20H17N7. The molecule has 0 unspecified atom stereocenters. The molecule has 0 amide bonds. The van der Waals surface area contributed by atoms with Gasteiger partial charge in [0, 0.05) is 59.8 Å². The summed E-state index contributed by atoms with van der Waals surface area (Å²) in [6.07, 6.45) is 14.1. The maximum absolute atomic E-state index is 4.71. The van der Waals surface area contributed by atoms with Crippen LogP contribution in [0.15, 0.2) is 49.3 Å². The lowest BCUT2D eigenvalue weighted by Gasteiger charge is -2.03. The average molecular weight is 355 g/mol. The maximum atomic E-state index is 4.71. The summed E-state index contributed by atoms with van der Waals surface area (Å²) in [5.74, 6) is 1.51. The molecule has 5 heterocycles. The summed E-state index contributed by atoms with van der Waals surface area (Å²) < 4.78 is 3.69. The van der Waals surface area contributed by atoms with E-state index in [0.717, 1.165) is 44.6 Å². The van der Waals surface area contributed by atoms with Crippen LogP contribution in [0.1, 0.15) is 24.6 Å². The SMILES string of the molecule is Cn1cc(-c2cnn3ccc(-c4c[nH]c5nc(C6CC6)ncc45)cc23)cn1. The first-order valence-electron chi connectivity index (χ1n) is 9.07. The Hall–Kier alpha value is -3.48. The maximum Gasteiger partial charge on any atom is 0.141 e. The standard InChI is InChI=1S/C20H17N7/c1-26-11-14(7-23-26)16-10-24-27-5-4-13(6-18(16)27)15-8-22-20-17(15)9-21-19(25-20)12-2-3-12/h4-12H,2-3H2,1H3,(H,21,22,25). The van der Waals surface area contributed by atoms with Crippen molar-refractivity contribution in [1.29, 1.82) is 0 Å². The zero-order valence-electron chi connectivity index (χ0n) is 14.8. The summed E-state index contributed by atoms with van der Waals surface area (Å²) in [6, 6.07) is 4.23. The Morgan fingerprint density at radius 3 is 2.81 bits per heavy atom. The van der Waals surface area contributed by atoms with Crippen LogP contribution in [0.5, 0.6) is 0 Å². The molecule has 1 saturated carbocycles. The molecule has 1 aliphatic carbocycles. The minimum absolute atomic E-state index is 0.548. The van der Waals surface area contributed by atoms with Crippen LogP contribution in [0.2, 0.25) is 0 Å². The Labute approximate surface area is 154 Å². The molecule has 1 fully saturated rings. The number of H-pyrrole nitrogens is 1. The molecule has 0 radical (unpaired) electrons. The number of aryl methyl sites for hydroxylation is 1. The topological polar surface area (TPSA) is 76.7 Å². The number of nitrogens with one attached hydrogen (secondary N) is 1. The van der Waals surface area contributed by atoms with Crippen LogP contribution in [-0.4, -0.2) is 34.3 Å². The molecule has 6 rings (SSSR count).